The summed E-state index contributed by atoms with van der Waals surface area (Å²) in [5.74, 6) is 0. The maximum Gasteiger partial charge on any atom is 0.512 e. The summed E-state index contributed by atoms with van der Waals surface area (Å²) >= 11 is 0.981. The normalized spacial score (nSPS) is 13.2. The number of rotatable bonds is 5. The Balaban J connectivity index is 2.43. The first-order valence-electron chi connectivity index (χ1n) is 7.53. The molecule has 0 saturated carbocycles. The summed E-state index contributed by atoms with van der Waals surface area (Å²) in [7, 11) is -1.58. The summed E-state index contributed by atoms with van der Waals surface area (Å²) in [5, 5.41) is 20.5. The number of halogens is 3. The summed E-state index contributed by atoms with van der Waals surface area (Å²) < 4.78 is 45.3. The zero-order chi connectivity index (χ0) is 19.0. The van der Waals surface area contributed by atoms with Crippen LogP contribution in [0.1, 0.15) is 33.3 Å². The van der Waals surface area contributed by atoms with Crippen LogP contribution in [0.3, 0.4) is 0 Å². The van der Waals surface area contributed by atoms with Gasteiger partial charge in [-0.15, -0.1) is 11.3 Å². The van der Waals surface area contributed by atoms with Crippen LogP contribution in [0.2, 0.25) is 0 Å². The Bertz CT molecular complexity index is 741. The number of alkyl halides is 3. The van der Waals surface area contributed by atoms with Gasteiger partial charge in [-0.2, -0.15) is 13.2 Å². The second-order valence-corrected chi connectivity index (χ2v) is 7.50. The molecule has 2 aromatic rings. The van der Waals surface area contributed by atoms with E-state index in [2.05, 4.69) is 4.98 Å². The lowest BCUT2D eigenvalue weighted by molar-refractivity contribution is -0.137. The topological polar surface area (TPSA) is 62.6 Å². The van der Waals surface area contributed by atoms with E-state index >= 15 is 0 Å². The smallest absolute Gasteiger partial charge is 0.422 e. The molecule has 25 heavy (non-hydrogen) atoms. The first-order valence-corrected chi connectivity index (χ1v) is 8.41. The molecule has 0 saturated heterocycles. The van der Waals surface area contributed by atoms with Gasteiger partial charge in [0.25, 0.3) is 0 Å². The highest BCUT2D eigenvalue weighted by atomic mass is 32.1. The lowest BCUT2D eigenvalue weighted by atomic mass is 9.78. The van der Waals surface area contributed by atoms with Crippen molar-refractivity contribution in [1.82, 2.24) is 4.98 Å². The van der Waals surface area contributed by atoms with Crippen molar-refractivity contribution in [2.75, 3.05) is 0 Å². The van der Waals surface area contributed by atoms with Gasteiger partial charge < -0.3 is 14.8 Å². The van der Waals surface area contributed by atoms with Crippen LogP contribution in [0.4, 0.5) is 13.2 Å². The maximum absolute atomic E-state index is 13.3. The zero-order valence-electron chi connectivity index (χ0n) is 14.3. The van der Waals surface area contributed by atoms with Crippen LogP contribution in [-0.4, -0.2) is 33.4 Å². The Kier molecular flexibility index (Phi) is 5.35. The molecule has 0 bridgehead atoms. The Labute approximate surface area is 148 Å². The number of aromatic nitrogens is 1. The number of nitrogens with zero attached hydrogens (tertiary/aromatic N) is 1. The van der Waals surface area contributed by atoms with Crippen molar-refractivity contribution in [2.45, 2.75) is 45.1 Å². The lowest BCUT2D eigenvalue weighted by Crippen LogP contribution is -2.53. The van der Waals surface area contributed by atoms with Crippen LogP contribution >= 0.6 is 11.3 Å². The molecule has 0 atom stereocenters. The predicted octanol–water partition coefficient (Wildman–Crippen LogP) is 3.08. The van der Waals surface area contributed by atoms with Gasteiger partial charge in [-0.3, -0.25) is 4.98 Å². The molecule has 2 N–H and O–H groups in total. The highest BCUT2D eigenvalue weighted by Crippen LogP contribution is 2.37. The van der Waals surface area contributed by atoms with E-state index in [4.69, 9.17) is 4.65 Å². The van der Waals surface area contributed by atoms with E-state index in [0.717, 1.165) is 17.4 Å². The largest absolute Gasteiger partial charge is 0.512 e. The van der Waals surface area contributed by atoms with E-state index in [1.54, 1.807) is 13.8 Å². The molecule has 0 aliphatic rings. The van der Waals surface area contributed by atoms with Gasteiger partial charge in [0.1, 0.15) is 0 Å². The molecule has 0 spiro atoms. The molecule has 0 fully saturated rings. The first-order chi connectivity index (χ1) is 11.3. The van der Waals surface area contributed by atoms with E-state index in [1.165, 1.54) is 37.6 Å². The summed E-state index contributed by atoms with van der Waals surface area (Å²) in [6, 6.07) is 5.10. The molecule has 0 amide bonds. The summed E-state index contributed by atoms with van der Waals surface area (Å²) in [6.45, 7) is 6.18. The molecular weight excluding hydrogens is 354 g/mol. The molecule has 9 heteroatoms. The molecule has 2 rings (SSSR count). The van der Waals surface area contributed by atoms with Gasteiger partial charge in [-0.25, -0.2) is 0 Å². The van der Waals surface area contributed by atoms with Crippen molar-refractivity contribution in [2.24, 2.45) is 0 Å². The Morgan fingerprint density at radius 3 is 2.28 bits per heavy atom. The van der Waals surface area contributed by atoms with Gasteiger partial charge in [-0.1, -0.05) is 18.2 Å². The third kappa shape index (κ3) is 4.23. The van der Waals surface area contributed by atoms with Crippen molar-refractivity contribution < 1.29 is 28.0 Å². The van der Waals surface area contributed by atoms with E-state index in [9.17, 15) is 23.3 Å². The van der Waals surface area contributed by atoms with Crippen molar-refractivity contribution in [3.8, 4) is 10.4 Å². The molecule has 0 aliphatic heterocycles. The van der Waals surface area contributed by atoms with Gasteiger partial charge >= 0.3 is 13.3 Å². The van der Waals surface area contributed by atoms with Crippen LogP contribution in [0, 0.1) is 0 Å². The number of benzene rings is 1. The van der Waals surface area contributed by atoms with Crippen LogP contribution in [0.15, 0.2) is 29.8 Å². The predicted molar refractivity (Wildman–Crippen MR) is 91.6 cm³/mol. The Morgan fingerprint density at radius 1 is 1.12 bits per heavy atom. The third-order valence-corrected chi connectivity index (χ3v) is 5.06. The maximum atomic E-state index is 13.3. The van der Waals surface area contributed by atoms with Crippen LogP contribution in [0.5, 0.6) is 0 Å². The Hall–Kier alpha value is -1.42. The molecule has 0 unspecified atom stereocenters. The summed E-state index contributed by atoms with van der Waals surface area (Å²) in [6.07, 6.45) is -4.53. The highest BCUT2D eigenvalue weighted by molar-refractivity contribution is 7.14. The van der Waals surface area contributed by atoms with E-state index in [-0.39, 0.29) is 16.0 Å². The van der Waals surface area contributed by atoms with Gasteiger partial charge in [0.05, 0.1) is 32.7 Å². The fourth-order valence-corrected chi connectivity index (χ4v) is 2.89. The molecule has 136 valence electrons. The monoisotopic (exact) mass is 373 g/mol. The molecule has 1 aromatic carbocycles. The van der Waals surface area contributed by atoms with Crippen LogP contribution < -0.4 is 5.59 Å². The number of aliphatic hydroxyl groups is 1. The lowest BCUT2D eigenvalue weighted by Gasteiger charge is -2.38. The average molecular weight is 373 g/mol. The minimum Gasteiger partial charge on any atom is -0.422 e. The first kappa shape index (κ1) is 19.9. The molecular formula is C16H19BF3NO3S. The second-order valence-electron chi connectivity index (χ2n) is 6.65. The molecule has 1 aromatic heterocycles. The van der Waals surface area contributed by atoms with E-state index in [1.807, 2.05) is 0 Å². The fourth-order valence-electron chi connectivity index (χ4n) is 2.04. The number of thiazole rings is 1. The number of hydrogen-bond acceptors (Lipinski definition) is 5. The highest BCUT2D eigenvalue weighted by Gasteiger charge is 2.42. The summed E-state index contributed by atoms with van der Waals surface area (Å²) in [5.41, 5.74) is -1.99. The van der Waals surface area contributed by atoms with Gasteiger partial charge in [-0.05, 0) is 33.8 Å². The van der Waals surface area contributed by atoms with E-state index in [0.29, 0.717) is 0 Å². The quantitative estimate of drug-likeness (QED) is 0.791. The third-order valence-electron chi connectivity index (χ3n) is 4.19. The molecule has 0 radical (unpaired) electrons. The van der Waals surface area contributed by atoms with Crippen molar-refractivity contribution >= 4 is 24.0 Å². The van der Waals surface area contributed by atoms with Gasteiger partial charge in [0, 0.05) is 5.56 Å². The van der Waals surface area contributed by atoms with Crippen molar-refractivity contribution in [3.63, 3.8) is 0 Å². The minimum absolute atomic E-state index is 0.0148. The van der Waals surface area contributed by atoms with Crippen LogP contribution in [0.25, 0.3) is 10.4 Å². The summed E-state index contributed by atoms with van der Waals surface area (Å²) in [4.78, 5) is 4.15. The second kappa shape index (κ2) is 6.72. The number of hydrogen-bond donors (Lipinski definition) is 2. The van der Waals surface area contributed by atoms with Crippen LogP contribution in [-0.2, 0) is 10.8 Å². The van der Waals surface area contributed by atoms with E-state index < -0.39 is 30.1 Å². The van der Waals surface area contributed by atoms with Crippen molar-refractivity contribution in [1.29, 1.82) is 0 Å². The Morgan fingerprint density at radius 2 is 1.72 bits per heavy atom. The molecule has 1 heterocycles. The zero-order valence-corrected chi connectivity index (χ0v) is 15.1. The average Bonchev–Trinajstić information content (AvgIpc) is 2.94. The SMILES string of the molecule is CC(C)(O)C(C)(C)OB(O)c1ncsc1-c1ccccc1C(F)(F)F. The van der Waals surface area contributed by atoms with Crippen molar-refractivity contribution in [3.05, 3.63) is 35.3 Å². The molecule has 0 aliphatic carbocycles. The minimum atomic E-state index is -4.53. The van der Waals surface area contributed by atoms with Gasteiger partial charge in [0.15, 0.2) is 0 Å². The van der Waals surface area contributed by atoms with Gasteiger partial charge in [0.2, 0.25) is 0 Å². The standard InChI is InChI=1S/C16H19BF3NO3S/c1-14(2,22)15(3,4)24-17(23)13-12(25-9-21-13)10-7-5-6-8-11(10)16(18,19)20/h5-9,22-23H,1-4H3. The molecule has 4 nitrogen and oxygen atoms in total. The fraction of sp³-hybridized carbons (Fsp3) is 0.438.